The van der Waals surface area contributed by atoms with Crippen molar-refractivity contribution in [2.75, 3.05) is 5.75 Å². The van der Waals surface area contributed by atoms with Crippen LogP contribution in [0.5, 0.6) is 0 Å². The van der Waals surface area contributed by atoms with Gasteiger partial charge in [0, 0.05) is 11.7 Å². The molecule has 1 aromatic heterocycles. The zero-order chi connectivity index (χ0) is 10.9. The van der Waals surface area contributed by atoms with Gasteiger partial charge in [-0.1, -0.05) is 11.8 Å². The van der Waals surface area contributed by atoms with Gasteiger partial charge in [-0.15, -0.1) is 5.10 Å². The third kappa shape index (κ3) is 3.50. The lowest BCUT2D eigenvalue weighted by atomic mass is 10.1. The number of nitrogens with one attached hydrogen (secondary N) is 1. The minimum Gasteiger partial charge on any atom is -0.390 e. The van der Waals surface area contributed by atoms with E-state index >= 15 is 0 Å². The predicted octanol–water partition coefficient (Wildman–Crippen LogP) is 1.94. The molecule has 0 radical (unpaired) electrons. The lowest BCUT2D eigenvalue weighted by molar-refractivity contribution is 0.0777. The predicted molar refractivity (Wildman–Crippen MR) is 60.0 cm³/mol. The topological polar surface area (TPSA) is 61.8 Å². The molecule has 1 fully saturated rings. The van der Waals surface area contributed by atoms with Gasteiger partial charge in [0.25, 0.3) is 0 Å². The Morgan fingerprint density at radius 3 is 2.87 bits per heavy atom. The van der Waals surface area contributed by atoms with Crippen molar-refractivity contribution in [1.82, 2.24) is 15.2 Å². The van der Waals surface area contributed by atoms with Gasteiger partial charge in [0.2, 0.25) is 5.16 Å². The molecule has 0 amide bonds. The molecule has 0 bridgehead atoms. The highest BCUT2D eigenvalue weighted by atomic mass is 32.2. The smallest absolute Gasteiger partial charge is 0.208 e. The molecule has 1 saturated carbocycles. The maximum absolute atomic E-state index is 9.54. The quantitative estimate of drug-likeness (QED) is 0.755. The summed E-state index contributed by atoms with van der Waals surface area (Å²) in [6.45, 7) is 3.64. The van der Waals surface area contributed by atoms with Crippen molar-refractivity contribution in [2.24, 2.45) is 0 Å². The highest BCUT2D eigenvalue weighted by molar-refractivity contribution is 7.99. The summed E-state index contributed by atoms with van der Waals surface area (Å²) in [5.41, 5.74) is -0.595. The molecule has 0 unspecified atom stereocenters. The van der Waals surface area contributed by atoms with E-state index in [1.165, 1.54) is 12.8 Å². The van der Waals surface area contributed by atoms with Crippen LogP contribution in [-0.2, 0) is 0 Å². The van der Waals surface area contributed by atoms with Crippen LogP contribution in [0, 0.1) is 0 Å². The van der Waals surface area contributed by atoms with Gasteiger partial charge < -0.3 is 5.11 Å². The molecule has 4 nitrogen and oxygen atoms in total. The molecule has 0 aliphatic heterocycles. The van der Waals surface area contributed by atoms with Gasteiger partial charge in [-0.3, -0.25) is 5.10 Å². The van der Waals surface area contributed by atoms with Crippen LogP contribution in [0.15, 0.2) is 5.16 Å². The van der Waals surface area contributed by atoms with E-state index in [2.05, 4.69) is 15.2 Å². The second-order valence-corrected chi connectivity index (χ2v) is 5.75. The minimum atomic E-state index is -0.595. The largest absolute Gasteiger partial charge is 0.390 e. The van der Waals surface area contributed by atoms with Gasteiger partial charge in [-0.25, -0.2) is 4.98 Å². The van der Waals surface area contributed by atoms with Crippen LogP contribution in [0.25, 0.3) is 0 Å². The summed E-state index contributed by atoms with van der Waals surface area (Å²) in [5.74, 6) is 2.51. The van der Waals surface area contributed by atoms with Crippen LogP contribution >= 0.6 is 11.8 Å². The second kappa shape index (κ2) is 4.14. The maximum atomic E-state index is 9.54. The first-order chi connectivity index (χ1) is 7.04. The Morgan fingerprint density at radius 1 is 1.53 bits per heavy atom. The van der Waals surface area contributed by atoms with Crippen molar-refractivity contribution in [3.63, 3.8) is 0 Å². The molecule has 1 aromatic rings. The van der Waals surface area contributed by atoms with E-state index in [4.69, 9.17) is 0 Å². The van der Waals surface area contributed by atoms with E-state index in [9.17, 15) is 5.11 Å². The Bertz CT molecular complexity index is 328. The molecule has 15 heavy (non-hydrogen) atoms. The van der Waals surface area contributed by atoms with Crippen LogP contribution in [-0.4, -0.2) is 31.6 Å². The Labute approximate surface area is 93.9 Å². The number of thioether (sulfide) groups is 1. The lowest BCUT2D eigenvalue weighted by Gasteiger charge is -2.15. The molecule has 5 heteroatoms. The van der Waals surface area contributed by atoms with Gasteiger partial charge in [-0.2, -0.15) is 0 Å². The summed E-state index contributed by atoms with van der Waals surface area (Å²) in [6, 6.07) is 0. The fraction of sp³-hybridized carbons (Fsp3) is 0.800. The van der Waals surface area contributed by atoms with Crippen LogP contribution in [0.1, 0.15) is 44.9 Å². The summed E-state index contributed by atoms with van der Waals surface area (Å²) in [4.78, 5) is 4.41. The molecule has 1 aliphatic carbocycles. The molecular weight excluding hydrogens is 210 g/mol. The summed E-state index contributed by atoms with van der Waals surface area (Å²) in [5, 5.41) is 17.5. The monoisotopic (exact) mass is 227 g/mol. The van der Waals surface area contributed by atoms with Crippen LogP contribution in [0.3, 0.4) is 0 Å². The number of H-pyrrole nitrogens is 1. The average molecular weight is 227 g/mol. The zero-order valence-corrected chi connectivity index (χ0v) is 9.97. The number of aliphatic hydroxyl groups is 1. The second-order valence-electron chi connectivity index (χ2n) is 4.69. The van der Waals surface area contributed by atoms with Crippen LogP contribution in [0.2, 0.25) is 0 Å². The van der Waals surface area contributed by atoms with Crippen molar-refractivity contribution in [2.45, 2.75) is 49.8 Å². The number of nitrogens with zero attached hydrogens (tertiary/aromatic N) is 2. The molecule has 0 aromatic carbocycles. The summed E-state index contributed by atoms with van der Waals surface area (Å²) < 4.78 is 0. The van der Waals surface area contributed by atoms with Gasteiger partial charge in [0.15, 0.2) is 0 Å². The molecular formula is C10H17N3OS. The van der Waals surface area contributed by atoms with Gasteiger partial charge >= 0.3 is 0 Å². The molecule has 1 heterocycles. The van der Waals surface area contributed by atoms with Crippen LogP contribution in [0.4, 0.5) is 0 Å². The van der Waals surface area contributed by atoms with Crippen molar-refractivity contribution in [1.29, 1.82) is 0 Å². The number of hydrogen-bond acceptors (Lipinski definition) is 4. The fourth-order valence-electron chi connectivity index (χ4n) is 1.25. The fourth-order valence-corrected chi connectivity index (χ4v) is 2.31. The number of aromatic nitrogens is 3. The van der Waals surface area contributed by atoms with E-state index in [0.717, 1.165) is 23.2 Å². The molecule has 2 rings (SSSR count). The Balaban J connectivity index is 1.78. The average Bonchev–Trinajstić information content (AvgIpc) is 2.86. The Hall–Kier alpha value is -0.550. The molecule has 0 spiro atoms. The first kappa shape index (κ1) is 11.0. The summed E-state index contributed by atoms with van der Waals surface area (Å²) in [6.07, 6.45) is 3.23. The van der Waals surface area contributed by atoms with Crippen molar-refractivity contribution in [3.8, 4) is 0 Å². The van der Waals surface area contributed by atoms with Crippen molar-refractivity contribution >= 4 is 11.8 Å². The SMILES string of the molecule is CC(C)(O)CCSc1n[nH]c(C2CC2)n1. The van der Waals surface area contributed by atoms with Crippen molar-refractivity contribution in [3.05, 3.63) is 5.82 Å². The highest BCUT2D eigenvalue weighted by Crippen LogP contribution is 2.38. The van der Waals surface area contributed by atoms with E-state index < -0.39 is 5.60 Å². The van der Waals surface area contributed by atoms with E-state index in [1.54, 1.807) is 11.8 Å². The summed E-state index contributed by atoms with van der Waals surface area (Å²) >= 11 is 1.60. The molecule has 84 valence electrons. The first-order valence-electron chi connectivity index (χ1n) is 5.32. The maximum Gasteiger partial charge on any atom is 0.208 e. The molecule has 1 aliphatic rings. The molecule has 0 saturated heterocycles. The third-order valence-corrected chi connectivity index (χ3v) is 3.24. The van der Waals surface area contributed by atoms with Gasteiger partial charge in [-0.05, 0) is 33.1 Å². The van der Waals surface area contributed by atoms with Crippen molar-refractivity contribution < 1.29 is 5.11 Å². The minimum absolute atomic E-state index is 0.595. The Morgan fingerprint density at radius 2 is 2.27 bits per heavy atom. The van der Waals surface area contributed by atoms with Gasteiger partial charge in [0.1, 0.15) is 5.82 Å². The van der Waals surface area contributed by atoms with Gasteiger partial charge in [0.05, 0.1) is 5.60 Å². The third-order valence-electron chi connectivity index (χ3n) is 2.39. The standard InChI is InChI=1S/C10H17N3OS/c1-10(2,14)5-6-15-9-11-8(12-13-9)7-3-4-7/h7,14H,3-6H2,1-2H3,(H,11,12,13). The number of aromatic amines is 1. The van der Waals surface area contributed by atoms with Crippen LogP contribution < -0.4 is 0 Å². The highest BCUT2D eigenvalue weighted by Gasteiger charge is 2.27. The lowest BCUT2D eigenvalue weighted by Crippen LogP contribution is -2.19. The zero-order valence-electron chi connectivity index (χ0n) is 9.16. The Kier molecular flexibility index (Phi) is 3.02. The van der Waals surface area contributed by atoms with E-state index in [-0.39, 0.29) is 0 Å². The first-order valence-corrected chi connectivity index (χ1v) is 6.31. The number of rotatable bonds is 5. The number of hydrogen-bond donors (Lipinski definition) is 2. The summed E-state index contributed by atoms with van der Waals surface area (Å²) in [7, 11) is 0. The molecule has 2 N–H and O–H groups in total. The molecule has 0 atom stereocenters. The van der Waals surface area contributed by atoms with E-state index in [1.807, 2.05) is 13.8 Å². The van der Waals surface area contributed by atoms with E-state index in [0.29, 0.717) is 5.92 Å². The normalized spacial score (nSPS) is 17.0.